The minimum Gasteiger partial charge on any atom is -0.493 e. The first-order valence-corrected chi connectivity index (χ1v) is 33.4. The Bertz CT molecular complexity index is 3400. The summed E-state index contributed by atoms with van der Waals surface area (Å²) in [5, 5.41) is 0. The molecule has 0 radical (unpaired) electrons. The van der Waals surface area contributed by atoms with Gasteiger partial charge in [-0.05, 0) is 160 Å². The number of benzene rings is 7. The van der Waals surface area contributed by atoms with Crippen molar-refractivity contribution in [2.24, 2.45) is 0 Å². The Balaban J connectivity index is 1.53. The summed E-state index contributed by atoms with van der Waals surface area (Å²) < 4.78 is 43.5. The molecule has 0 spiro atoms. The Morgan fingerprint density at radius 3 is 0.678 bits per heavy atom. The van der Waals surface area contributed by atoms with Gasteiger partial charge in [-0.2, -0.15) is 0 Å². The quantitative estimate of drug-likeness (QED) is 0.141. The highest BCUT2D eigenvalue weighted by Crippen LogP contribution is 2.47. The first-order valence-electron chi connectivity index (χ1n) is 33.4. The molecule has 0 saturated heterocycles. The second-order valence-corrected chi connectivity index (χ2v) is 31.7. The molecule has 478 valence electrons. The van der Waals surface area contributed by atoms with Crippen molar-refractivity contribution in [1.82, 2.24) is 0 Å². The van der Waals surface area contributed by atoms with Gasteiger partial charge in [0.05, 0.1) is 26.4 Å². The fraction of sp³-hybridized carbons (Fsp3) is 0.476. The lowest BCUT2D eigenvalue weighted by atomic mass is 9.79. The molecule has 9 rings (SSSR count). The molecule has 2 heterocycles. The van der Waals surface area contributed by atoms with Crippen LogP contribution in [0, 0.1) is 12.3 Å². The Labute approximate surface area is 543 Å². The van der Waals surface area contributed by atoms with Crippen LogP contribution in [0.4, 0.5) is 0 Å². The van der Waals surface area contributed by atoms with Gasteiger partial charge in [0.15, 0.2) is 0 Å². The lowest BCUT2D eigenvalue weighted by molar-refractivity contribution is 0.293. The van der Waals surface area contributed by atoms with E-state index >= 15 is 0 Å². The van der Waals surface area contributed by atoms with Gasteiger partial charge in [-0.15, -0.1) is 6.42 Å². The second-order valence-electron chi connectivity index (χ2n) is 31.7. The van der Waals surface area contributed by atoms with E-state index in [0.717, 1.165) is 118 Å². The molecule has 12 bridgehead atoms. The van der Waals surface area contributed by atoms with Crippen LogP contribution in [0.25, 0.3) is 0 Å². The summed E-state index contributed by atoms with van der Waals surface area (Å²) in [7, 11) is 0. The molecule has 0 N–H and O–H groups in total. The Kier molecular flexibility index (Phi) is 19.4. The number of hydrogen-bond acceptors (Lipinski definition) is 6. The highest BCUT2D eigenvalue weighted by atomic mass is 16.5. The Hall–Kier alpha value is -7.10. The third kappa shape index (κ3) is 14.8. The summed E-state index contributed by atoms with van der Waals surface area (Å²) >= 11 is 0. The van der Waals surface area contributed by atoms with Crippen molar-refractivity contribution in [3.63, 3.8) is 0 Å². The molecule has 0 aromatic heterocycles. The monoisotopic (exact) mass is 1210 g/mol. The molecule has 0 amide bonds. The largest absolute Gasteiger partial charge is 0.493 e. The third-order valence-electron chi connectivity index (χ3n) is 18.2. The SMILES string of the molecule is C#Cc1c2cccc1COc1c3cc(C(C)(C)C)cc1Cc1cc(C(C)(C)C)cc(c1OCC)Cc1cc(C(C)(C)C)cc(c1OCC)Cc1cc(C(C)(C)C)cc(c1OC2)Cc1cc(C(C)(C)C)cc(c1OCC)Cc1cc(C(C)(C)C)cc(c1OCC)C3. The smallest absolute Gasteiger partial charge is 0.126 e. The zero-order valence-corrected chi connectivity index (χ0v) is 59.2. The summed E-state index contributed by atoms with van der Waals surface area (Å²) in [5.41, 5.74) is 22.0. The van der Waals surface area contributed by atoms with Crippen molar-refractivity contribution in [3.05, 3.63) is 208 Å². The number of fused-ring (bicyclic) bond motifs is 10. The van der Waals surface area contributed by atoms with Crippen molar-refractivity contribution in [2.45, 2.75) is 237 Å². The predicted octanol–water partition coefficient (Wildman–Crippen LogP) is 20.4. The molecule has 6 nitrogen and oxygen atoms in total. The summed E-state index contributed by atoms with van der Waals surface area (Å²) in [5.74, 6) is 8.46. The Morgan fingerprint density at radius 2 is 0.500 bits per heavy atom. The van der Waals surface area contributed by atoms with E-state index in [1.54, 1.807) is 0 Å². The fourth-order valence-electron chi connectivity index (χ4n) is 13.0. The minimum absolute atomic E-state index is 0.199. The molecule has 2 aliphatic rings. The van der Waals surface area contributed by atoms with E-state index in [4.69, 9.17) is 34.8 Å². The van der Waals surface area contributed by atoms with Gasteiger partial charge in [0.25, 0.3) is 0 Å². The first kappa shape index (κ1) is 67.3. The van der Waals surface area contributed by atoms with Crippen molar-refractivity contribution in [1.29, 1.82) is 0 Å². The molecule has 0 unspecified atom stereocenters. The standard InChI is InChI=1S/C84H106O6/c1-24-72-52-30-29-31-53(72)51-90-78-64-35-59-43-67(80(9,10)11)39-55(74(59)86-26-3)32-54-38-66(79(6,7)8)42-58(73(54)85-25-2)34-62-46-70(83(18,19)20)47-63(77(62)89-50-52)36-60-44-68(81(12,13)14)40-56(75(60)87-27-4)33-57-41-69(82(15,16)17)45-61(76(57)88-28-5)37-65(78)49-71(48-64)84(21,22)23/h1,29-31,38-49H,25-28,32-37,50-51H2,2-23H3. The maximum atomic E-state index is 7.60. The van der Waals surface area contributed by atoms with Crippen molar-refractivity contribution >= 4 is 0 Å². The van der Waals surface area contributed by atoms with Gasteiger partial charge in [-0.25, -0.2) is 0 Å². The lowest BCUT2D eigenvalue weighted by Gasteiger charge is -2.29. The van der Waals surface area contributed by atoms with Crippen LogP contribution in [0.3, 0.4) is 0 Å². The van der Waals surface area contributed by atoms with Crippen LogP contribution in [0.2, 0.25) is 0 Å². The predicted molar refractivity (Wildman–Crippen MR) is 375 cm³/mol. The van der Waals surface area contributed by atoms with Crippen LogP contribution < -0.4 is 28.4 Å². The average molecular weight is 1210 g/mol. The highest BCUT2D eigenvalue weighted by molar-refractivity contribution is 5.62. The third-order valence-corrected chi connectivity index (χ3v) is 18.2. The van der Waals surface area contributed by atoms with Gasteiger partial charge in [0.1, 0.15) is 47.7 Å². The molecule has 90 heavy (non-hydrogen) atoms. The molecule has 7 aromatic carbocycles. The van der Waals surface area contributed by atoms with Crippen LogP contribution in [-0.2, 0) is 84.2 Å². The number of terminal acetylenes is 1. The zero-order valence-electron chi connectivity index (χ0n) is 59.2. The van der Waals surface area contributed by atoms with Crippen LogP contribution >= 0.6 is 0 Å². The molecule has 0 atom stereocenters. The van der Waals surface area contributed by atoms with Gasteiger partial charge in [-0.3, -0.25) is 0 Å². The van der Waals surface area contributed by atoms with Crippen LogP contribution in [0.1, 0.15) is 269 Å². The average Bonchev–Trinajstić information content (AvgIpc) is 1.38. The van der Waals surface area contributed by atoms with Crippen LogP contribution in [0.15, 0.2) is 91.0 Å². The van der Waals surface area contributed by atoms with Crippen molar-refractivity contribution < 1.29 is 28.4 Å². The van der Waals surface area contributed by atoms with Gasteiger partial charge < -0.3 is 28.4 Å². The molecular formula is C84H106O6. The van der Waals surface area contributed by atoms with E-state index in [0.29, 0.717) is 65.0 Å². The molecule has 0 saturated carbocycles. The van der Waals surface area contributed by atoms with E-state index in [1.165, 1.54) is 33.4 Å². The van der Waals surface area contributed by atoms with Gasteiger partial charge in [0, 0.05) is 55.2 Å². The minimum atomic E-state index is -0.227. The normalized spacial score (nSPS) is 14.1. The maximum Gasteiger partial charge on any atom is 0.126 e. The van der Waals surface area contributed by atoms with E-state index < -0.39 is 0 Å². The van der Waals surface area contributed by atoms with E-state index in [-0.39, 0.29) is 45.7 Å². The lowest BCUT2D eigenvalue weighted by Crippen LogP contribution is -2.18. The number of rotatable bonds is 8. The highest BCUT2D eigenvalue weighted by Gasteiger charge is 2.32. The summed E-state index contributed by atoms with van der Waals surface area (Å²) in [6.07, 6.45) is 10.1. The number of hydrogen-bond donors (Lipinski definition) is 0. The molecule has 0 fully saturated rings. The van der Waals surface area contributed by atoms with Gasteiger partial charge in [-0.1, -0.05) is 222 Å². The van der Waals surface area contributed by atoms with Gasteiger partial charge >= 0.3 is 0 Å². The zero-order chi connectivity index (χ0) is 65.6. The summed E-state index contributed by atoms with van der Waals surface area (Å²) in [4.78, 5) is 0. The topological polar surface area (TPSA) is 55.4 Å². The molecule has 0 aliphatic carbocycles. The van der Waals surface area contributed by atoms with Crippen molar-refractivity contribution in [2.75, 3.05) is 26.4 Å². The molecule has 7 aromatic rings. The molecular weight excluding hydrogens is 1100 g/mol. The van der Waals surface area contributed by atoms with E-state index in [1.807, 2.05) is 0 Å². The van der Waals surface area contributed by atoms with E-state index in [2.05, 4.69) is 249 Å². The van der Waals surface area contributed by atoms with Gasteiger partial charge in [0.2, 0.25) is 0 Å². The maximum absolute atomic E-state index is 7.60. The molecule has 6 heteroatoms. The molecule has 2 aliphatic heterocycles. The first-order chi connectivity index (χ1) is 42.1. The number of ether oxygens (including phenoxy) is 6. The second kappa shape index (κ2) is 25.9. The Morgan fingerprint density at radius 1 is 0.311 bits per heavy atom. The van der Waals surface area contributed by atoms with E-state index in [9.17, 15) is 0 Å². The van der Waals surface area contributed by atoms with Crippen LogP contribution in [0.5, 0.6) is 34.5 Å². The fourth-order valence-corrected chi connectivity index (χ4v) is 13.0. The van der Waals surface area contributed by atoms with Crippen molar-refractivity contribution in [3.8, 4) is 46.8 Å². The summed E-state index contributed by atoms with van der Waals surface area (Å²) in [6, 6.07) is 35.2. The van der Waals surface area contributed by atoms with Crippen LogP contribution in [-0.4, -0.2) is 26.4 Å². The summed E-state index contributed by atoms with van der Waals surface area (Å²) in [6.45, 7) is 52.6.